The lowest BCUT2D eigenvalue weighted by molar-refractivity contribution is 0.0517. The van der Waals surface area contributed by atoms with Crippen molar-refractivity contribution >= 4 is 36.0 Å². The van der Waals surface area contributed by atoms with Crippen molar-refractivity contribution in [2.75, 3.05) is 31.6 Å². The highest BCUT2D eigenvalue weighted by atomic mass is 35.5. The van der Waals surface area contributed by atoms with Crippen LogP contribution in [0.1, 0.15) is 25.3 Å². The number of hydrogen-bond acceptors (Lipinski definition) is 7. The molecule has 0 aromatic carbocycles. The average molecular weight is 437 g/mol. The summed E-state index contributed by atoms with van der Waals surface area (Å²) in [5, 5.41) is 22.4. The maximum Gasteiger partial charge on any atom is 0.183 e. The van der Waals surface area contributed by atoms with Crippen LogP contribution in [0, 0.1) is 5.82 Å². The van der Waals surface area contributed by atoms with E-state index >= 15 is 0 Å². The number of likely N-dealkylation sites (tertiary alicyclic amines) is 1. The summed E-state index contributed by atoms with van der Waals surface area (Å²) in [5.74, 6) is 0.422. The number of aliphatic imine (C=N–C) groups is 1. The second kappa shape index (κ2) is 10.1. The Kier molecular flexibility index (Phi) is 7.54. The number of anilines is 1. The van der Waals surface area contributed by atoms with Gasteiger partial charge in [-0.1, -0.05) is 11.6 Å². The Labute approximate surface area is 179 Å². The smallest absolute Gasteiger partial charge is 0.183 e. The lowest BCUT2D eigenvalue weighted by atomic mass is 10.1. The molecular weight excluding hydrogens is 411 g/mol. The number of aromatic nitrogens is 3. The average Bonchev–Trinajstić information content (AvgIpc) is 3.11. The summed E-state index contributed by atoms with van der Waals surface area (Å²) in [7, 11) is 0. The Morgan fingerprint density at radius 2 is 2.40 bits per heavy atom. The van der Waals surface area contributed by atoms with E-state index in [-0.39, 0.29) is 18.5 Å². The molecular formula is C20H26ClFN6O2. The molecule has 2 aromatic rings. The van der Waals surface area contributed by atoms with Crippen LogP contribution >= 0.6 is 11.6 Å². The maximum atomic E-state index is 14.4. The number of nitrogens with one attached hydrogen (secondary N) is 2. The summed E-state index contributed by atoms with van der Waals surface area (Å²) >= 11 is 6.04. The highest BCUT2D eigenvalue weighted by Crippen LogP contribution is 2.32. The number of aliphatic hydroxyl groups excluding tert-OH is 2. The highest BCUT2D eigenvalue weighted by molar-refractivity contribution is 6.31. The van der Waals surface area contributed by atoms with Crippen LogP contribution in [0.4, 0.5) is 16.0 Å². The Morgan fingerprint density at radius 1 is 1.60 bits per heavy atom. The Morgan fingerprint density at radius 3 is 3.10 bits per heavy atom. The zero-order valence-electron chi connectivity index (χ0n) is 16.8. The lowest BCUT2D eigenvalue weighted by Crippen LogP contribution is -2.45. The zero-order valence-corrected chi connectivity index (χ0v) is 17.5. The largest absolute Gasteiger partial charge is 0.394 e. The maximum absolute atomic E-state index is 14.4. The van der Waals surface area contributed by atoms with Crippen molar-refractivity contribution in [3.8, 4) is 11.4 Å². The molecule has 30 heavy (non-hydrogen) atoms. The number of rotatable bonds is 8. The van der Waals surface area contributed by atoms with E-state index in [0.29, 0.717) is 40.9 Å². The SMILES string of the molecule is C=Nc1[nH]cc(-c2ncc(F)c(NC3CCCN(CC(O)CO)C3)n2)c1C=C(C)Cl. The van der Waals surface area contributed by atoms with Crippen LogP contribution in [0.5, 0.6) is 0 Å². The third kappa shape index (κ3) is 5.42. The predicted octanol–water partition coefficient (Wildman–Crippen LogP) is 2.77. The molecule has 1 aliphatic heterocycles. The minimum atomic E-state index is -0.788. The molecule has 162 valence electrons. The van der Waals surface area contributed by atoms with E-state index in [9.17, 15) is 9.50 Å². The fourth-order valence-corrected chi connectivity index (χ4v) is 3.68. The predicted molar refractivity (Wildman–Crippen MR) is 117 cm³/mol. The van der Waals surface area contributed by atoms with Gasteiger partial charge in [0.1, 0.15) is 5.82 Å². The molecule has 2 atom stereocenters. The molecule has 2 aromatic heterocycles. The molecule has 0 bridgehead atoms. The number of H-pyrrole nitrogens is 1. The van der Waals surface area contributed by atoms with Crippen LogP contribution in [0.3, 0.4) is 0 Å². The van der Waals surface area contributed by atoms with Gasteiger partial charge in [-0.05, 0) is 39.1 Å². The van der Waals surface area contributed by atoms with Gasteiger partial charge in [-0.3, -0.25) is 4.90 Å². The zero-order chi connectivity index (χ0) is 21.7. The molecule has 4 N–H and O–H groups in total. The van der Waals surface area contributed by atoms with Crippen molar-refractivity contribution < 1.29 is 14.6 Å². The van der Waals surface area contributed by atoms with Crippen molar-refractivity contribution in [2.24, 2.45) is 4.99 Å². The van der Waals surface area contributed by atoms with E-state index in [1.807, 2.05) is 4.90 Å². The van der Waals surface area contributed by atoms with Crippen molar-refractivity contribution in [3.63, 3.8) is 0 Å². The number of piperidine rings is 1. The Bertz CT molecular complexity index is 915. The first-order valence-corrected chi connectivity index (χ1v) is 10.1. The molecule has 1 saturated heterocycles. The molecule has 3 rings (SSSR count). The quantitative estimate of drug-likeness (QED) is 0.474. The van der Waals surface area contributed by atoms with Crippen molar-refractivity contribution in [1.82, 2.24) is 19.9 Å². The molecule has 8 nitrogen and oxygen atoms in total. The number of halogens is 2. The summed E-state index contributed by atoms with van der Waals surface area (Å²) in [6.45, 7) is 6.81. The monoisotopic (exact) mass is 436 g/mol. The number of aromatic amines is 1. The van der Waals surface area contributed by atoms with E-state index in [2.05, 4.69) is 32.0 Å². The third-order valence-corrected chi connectivity index (χ3v) is 5.02. The number of aliphatic hydroxyl groups is 2. The Balaban J connectivity index is 1.82. The topological polar surface area (TPSA) is 110 Å². The molecule has 3 heterocycles. The molecule has 0 aliphatic carbocycles. The van der Waals surface area contributed by atoms with Gasteiger partial charge in [0.2, 0.25) is 0 Å². The van der Waals surface area contributed by atoms with Crippen LogP contribution in [0.15, 0.2) is 22.4 Å². The van der Waals surface area contributed by atoms with Crippen LogP contribution in [0.25, 0.3) is 17.5 Å². The van der Waals surface area contributed by atoms with E-state index in [1.165, 1.54) is 0 Å². The van der Waals surface area contributed by atoms with Gasteiger partial charge >= 0.3 is 0 Å². The van der Waals surface area contributed by atoms with Crippen LogP contribution in [-0.4, -0.2) is 75.2 Å². The van der Waals surface area contributed by atoms with Gasteiger partial charge in [0.25, 0.3) is 0 Å². The van der Waals surface area contributed by atoms with Crippen LogP contribution in [0.2, 0.25) is 0 Å². The van der Waals surface area contributed by atoms with Gasteiger partial charge in [-0.25, -0.2) is 19.4 Å². The van der Waals surface area contributed by atoms with E-state index in [1.54, 1.807) is 19.2 Å². The van der Waals surface area contributed by atoms with E-state index in [4.69, 9.17) is 16.7 Å². The van der Waals surface area contributed by atoms with Crippen LogP contribution < -0.4 is 5.32 Å². The fraction of sp³-hybridized carbons (Fsp3) is 0.450. The number of nitrogens with zero attached hydrogens (tertiary/aromatic N) is 4. The molecule has 0 amide bonds. The summed E-state index contributed by atoms with van der Waals surface area (Å²) in [6.07, 6.45) is 5.50. The molecule has 1 fully saturated rings. The van der Waals surface area contributed by atoms with Gasteiger partial charge in [0, 0.05) is 41.5 Å². The molecule has 0 spiro atoms. The van der Waals surface area contributed by atoms with Crippen molar-refractivity contribution in [1.29, 1.82) is 0 Å². The minimum absolute atomic E-state index is 0.0389. The standard InChI is InChI=1S/C20H26ClFN6O2/c1-12(21)6-15-16(7-24-18(15)23-2)19-25-8-17(22)20(27-19)26-13-4-3-5-28(9-13)10-14(30)11-29/h6-8,13-14,24,29-30H,2-5,9-11H2,1H3,(H,25,26,27). The van der Waals surface area contributed by atoms with Crippen molar-refractivity contribution in [3.05, 3.63) is 28.8 Å². The highest BCUT2D eigenvalue weighted by Gasteiger charge is 2.23. The fourth-order valence-electron chi connectivity index (χ4n) is 3.57. The summed E-state index contributed by atoms with van der Waals surface area (Å²) in [5.41, 5.74) is 1.31. The Hall–Kier alpha value is -2.33. The van der Waals surface area contributed by atoms with E-state index in [0.717, 1.165) is 25.6 Å². The normalized spacial score (nSPS) is 19.0. The lowest BCUT2D eigenvalue weighted by Gasteiger charge is -2.34. The summed E-state index contributed by atoms with van der Waals surface area (Å²) in [6, 6.07) is -0.0389. The second-order valence-corrected chi connectivity index (χ2v) is 7.92. The molecule has 0 saturated carbocycles. The summed E-state index contributed by atoms with van der Waals surface area (Å²) < 4.78 is 14.4. The van der Waals surface area contributed by atoms with Gasteiger partial charge in [0.05, 0.1) is 18.9 Å². The van der Waals surface area contributed by atoms with Crippen LogP contribution in [-0.2, 0) is 0 Å². The molecule has 10 heteroatoms. The van der Waals surface area contributed by atoms with Gasteiger partial charge < -0.3 is 20.5 Å². The first-order chi connectivity index (χ1) is 14.4. The molecule has 2 unspecified atom stereocenters. The van der Waals surface area contributed by atoms with E-state index < -0.39 is 11.9 Å². The van der Waals surface area contributed by atoms with Gasteiger partial charge in [-0.15, -0.1) is 0 Å². The first kappa shape index (κ1) is 22.4. The number of allylic oxidation sites excluding steroid dienone is 1. The molecule has 0 radical (unpaired) electrons. The van der Waals surface area contributed by atoms with Crippen molar-refractivity contribution in [2.45, 2.75) is 31.9 Å². The number of hydrogen-bond donors (Lipinski definition) is 4. The molecule has 1 aliphatic rings. The minimum Gasteiger partial charge on any atom is -0.394 e. The second-order valence-electron chi connectivity index (χ2n) is 7.32. The first-order valence-electron chi connectivity index (χ1n) is 9.73. The summed E-state index contributed by atoms with van der Waals surface area (Å²) in [4.78, 5) is 17.5. The number of β-amino-alcohol motifs (C(OH)–C–C–N with tert-alkyl or cyclic N) is 1. The van der Waals surface area contributed by atoms with Gasteiger partial charge in [0.15, 0.2) is 17.5 Å². The van der Waals surface area contributed by atoms with Gasteiger partial charge in [-0.2, -0.15) is 0 Å². The third-order valence-electron chi connectivity index (χ3n) is 4.91.